The zero-order chi connectivity index (χ0) is 21.1. The number of benzene rings is 2. The molecule has 0 aliphatic heterocycles. The molecule has 12 heteroatoms. The monoisotopic (exact) mass is 401 g/mol. The zero-order valence-electron chi connectivity index (χ0n) is 14.0. The van der Waals surface area contributed by atoms with E-state index in [0.29, 0.717) is 12.1 Å². The van der Waals surface area contributed by atoms with Gasteiger partial charge in [0.25, 0.3) is 11.4 Å². The van der Waals surface area contributed by atoms with Crippen molar-refractivity contribution >= 4 is 17.1 Å². The van der Waals surface area contributed by atoms with Crippen molar-refractivity contribution in [3.8, 4) is 0 Å². The van der Waals surface area contributed by atoms with Gasteiger partial charge in [-0.15, -0.1) is 0 Å². The zero-order valence-corrected chi connectivity index (χ0v) is 14.0. The molecule has 0 radical (unpaired) electrons. The third-order valence-electron chi connectivity index (χ3n) is 3.89. The molecule has 0 aromatic heterocycles. The van der Waals surface area contributed by atoms with E-state index in [-0.39, 0.29) is 16.9 Å². The van der Waals surface area contributed by atoms with Crippen molar-refractivity contribution in [1.29, 1.82) is 0 Å². The summed E-state index contributed by atoms with van der Waals surface area (Å²) >= 11 is 0. The van der Waals surface area contributed by atoms with Crippen LogP contribution in [0.3, 0.4) is 0 Å². The number of halogens is 3. The van der Waals surface area contributed by atoms with Gasteiger partial charge in [-0.25, -0.2) is 0 Å². The molecule has 0 amide bonds. The van der Waals surface area contributed by atoms with Crippen molar-refractivity contribution in [1.82, 2.24) is 0 Å². The van der Waals surface area contributed by atoms with Gasteiger partial charge in [0.15, 0.2) is 0 Å². The van der Waals surface area contributed by atoms with Crippen molar-refractivity contribution in [3.63, 3.8) is 0 Å². The van der Waals surface area contributed by atoms with Gasteiger partial charge in [-0.05, 0) is 29.8 Å². The first kappa shape index (κ1) is 21.1. The standard InChI is InChI=1S/C16H14F3N3O6/c17-16(18,19)10-3-6-12(14(7-10)22(27)28)20-13(8-23)15(24)9-1-4-11(5-2-9)21(25)26/h1-7,13,15,20,23-24H,8H2/t13-,15-/m0/s1. The molecular weight excluding hydrogens is 387 g/mol. The van der Waals surface area contributed by atoms with Crippen molar-refractivity contribution in [2.75, 3.05) is 11.9 Å². The Morgan fingerprint density at radius 3 is 2.11 bits per heavy atom. The maximum Gasteiger partial charge on any atom is 0.416 e. The van der Waals surface area contributed by atoms with Crippen molar-refractivity contribution in [3.05, 3.63) is 73.8 Å². The summed E-state index contributed by atoms with van der Waals surface area (Å²) in [6.07, 6.45) is -6.23. The van der Waals surface area contributed by atoms with Crippen LogP contribution in [0.15, 0.2) is 42.5 Å². The molecular formula is C16H14F3N3O6. The van der Waals surface area contributed by atoms with E-state index < -0.39 is 46.0 Å². The fourth-order valence-electron chi connectivity index (χ4n) is 2.43. The maximum atomic E-state index is 12.8. The second-order valence-corrected chi connectivity index (χ2v) is 5.71. The Labute approximate surface area is 155 Å². The Morgan fingerprint density at radius 2 is 1.64 bits per heavy atom. The average Bonchev–Trinajstić information content (AvgIpc) is 2.64. The van der Waals surface area contributed by atoms with Crippen LogP contribution in [0, 0.1) is 20.2 Å². The summed E-state index contributed by atoms with van der Waals surface area (Å²) < 4.78 is 38.3. The van der Waals surface area contributed by atoms with E-state index in [1.165, 1.54) is 12.1 Å². The highest BCUT2D eigenvalue weighted by Crippen LogP contribution is 2.36. The van der Waals surface area contributed by atoms with Gasteiger partial charge in [-0.1, -0.05) is 0 Å². The molecule has 0 aliphatic carbocycles. The van der Waals surface area contributed by atoms with E-state index in [0.717, 1.165) is 18.2 Å². The summed E-state index contributed by atoms with van der Waals surface area (Å²) in [5.74, 6) is 0. The molecule has 0 fully saturated rings. The summed E-state index contributed by atoms with van der Waals surface area (Å²) in [6, 6.07) is 5.27. The van der Waals surface area contributed by atoms with Crippen LogP contribution in [-0.4, -0.2) is 32.7 Å². The Kier molecular flexibility index (Phi) is 6.16. The third kappa shape index (κ3) is 4.72. The molecule has 2 aromatic rings. The van der Waals surface area contributed by atoms with Crippen molar-refractivity contribution < 1.29 is 33.2 Å². The molecule has 28 heavy (non-hydrogen) atoms. The number of hydrogen-bond acceptors (Lipinski definition) is 7. The Bertz CT molecular complexity index is 873. The highest BCUT2D eigenvalue weighted by atomic mass is 19.4. The second kappa shape index (κ2) is 8.19. The van der Waals surface area contributed by atoms with Gasteiger partial charge in [-0.3, -0.25) is 20.2 Å². The van der Waals surface area contributed by atoms with Crippen LogP contribution < -0.4 is 5.32 Å². The van der Waals surface area contributed by atoms with Crippen LogP contribution in [0.1, 0.15) is 17.2 Å². The van der Waals surface area contributed by atoms with Crippen LogP contribution >= 0.6 is 0 Å². The lowest BCUT2D eigenvalue weighted by Crippen LogP contribution is -2.31. The highest BCUT2D eigenvalue weighted by Gasteiger charge is 2.33. The molecule has 2 atom stereocenters. The van der Waals surface area contributed by atoms with Crippen molar-refractivity contribution in [2.24, 2.45) is 0 Å². The number of nitrogens with one attached hydrogen (secondary N) is 1. The van der Waals surface area contributed by atoms with E-state index in [1.54, 1.807) is 0 Å². The largest absolute Gasteiger partial charge is 0.416 e. The Hall–Kier alpha value is -3.25. The number of aliphatic hydroxyl groups excluding tert-OH is 2. The molecule has 0 spiro atoms. The number of nitrogens with zero attached hydrogens (tertiary/aromatic N) is 2. The van der Waals surface area contributed by atoms with Crippen LogP contribution in [0.5, 0.6) is 0 Å². The van der Waals surface area contributed by atoms with Gasteiger partial charge in [0.1, 0.15) is 11.8 Å². The van der Waals surface area contributed by atoms with Crippen molar-refractivity contribution in [2.45, 2.75) is 18.3 Å². The number of rotatable bonds is 7. The second-order valence-electron chi connectivity index (χ2n) is 5.71. The third-order valence-corrected chi connectivity index (χ3v) is 3.89. The molecule has 0 aliphatic rings. The minimum Gasteiger partial charge on any atom is -0.394 e. The van der Waals surface area contributed by atoms with E-state index >= 15 is 0 Å². The Balaban J connectivity index is 2.30. The predicted molar refractivity (Wildman–Crippen MR) is 90.7 cm³/mol. The molecule has 0 heterocycles. The lowest BCUT2D eigenvalue weighted by Gasteiger charge is -2.23. The summed E-state index contributed by atoms with van der Waals surface area (Å²) in [5.41, 5.74) is -2.52. The van der Waals surface area contributed by atoms with Crippen LogP contribution in [-0.2, 0) is 6.18 Å². The summed E-state index contributed by atoms with van der Waals surface area (Å²) in [5, 5.41) is 44.1. The first-order chi connectivity index (χ1) is 13.0. The predicted octanol–water partition coefficient (Wildman–Crippen LogP) is 3.03. The molecule has 0 saturated carbocycles. The van der Waals surface area contributed by atoms with Crippen LogP contribution in [0.25, 0.3) is 0 Å². The number of non-ortho nitro benzene ring substituents is 1. The first-order valence-electron chi connectivity index (χ1n) is 7.70. The fraction of sp³-hybridized carbons (Fsp3) is 0.250. The van der Waals surface area contributed by atoms with Crippen LogP contribution in [0.4, 0.5) is 30.2 Å². The smallest absolute Gasteiger partial charge is 0.394 e. The summed E-state index contributed by atoms with van der Waals surface area (Å²) in [6.45, 7) is -0.726. The quantitative estimate of drug-likeness (QED) is 0.479. The molecule has 2 rings (SSSR count). The van der Waals surface area contributed by atoms with Gasteiger partial charge >= 0.3 is 6.18 Å². The van der Waals surface area contributed by atoms with Gasteiger partial charge in [0, 0.05) is 18.2 Å². The topological polar surface area (TPSA) is 139 Å². The van der Waals surface area contributed by atoms with Gasteiger partial charge in [0.05, 0.1) is 28.1 Å². The van der Waals surface area contributed by atoms with Gasteiger partial charge in [-0.2, -0.15) is 13.2 Å². The number of nitro groups is 2. The summed E-state index contributed by atoms with van der Waals surface area (Å²) in [4.78, 5) is 20.1. The molecule has 3 N–H and O–H groups in total. The van der Waals surface area contributed by atoms with E-state index in [9.17, 15) is 43.6 Å². The molecule has 150 valence electrons. The van der Waals surface area contributed by atoms with Crippen LogP contribution in [0.2, 0.25) is 0 Å². The molecule has 0 unspecified atom stereocenters. The number of anilines is 1. The van der Waals surface area contributed by atoms with Gasteiger partial charge < -0.3 is 15.5 Å². The number of hydrogen-bond donors (Lipinski definition) is 3. The number of aliphatic hydroxyl groups is 2. The number of alkyl halides is 3. The minimum atomic E-state index is -4.78. The molecule has 0 saturated heterocycles. The first-order valence-corrected chi connectivity index (χ1v) is 7.70. The van der Waals surface area contributed by atoms with E-state index in [2.05, 4.69) is 5.32 Å². The maximum absolute atomic E-state index is 12.8. The fourth-order valence-corrected chi connectivity index (χ4v) is 2.43. The molecule has 2 aromatic carbocycles. The normalized spacial score (nSPS) is 13.6. The van der Waals surface area contributed by atoms with E-state index in [4.69, 9.17) is 0 Å². The minimum absolute atomic E-state index is 0.159. The van der Waals surface area contributed by atoms with Gasteiger partial charge in [0.2, 0.25) is 0 Å². The highest BCUT2D eigenvalue weighted by molar-refractivity contribution is 5.63. The molecule has 9 nitrogen and oxygen atoms in total. The number of nitro benzene ring substituents is 2. The lowest BCUT2D eigenvalue weighted by molar-refractivity contribution is -0.384. The Morgan fingerprint density at radius 1 is 1.04 bits per heavy atom. The average molecular weight is 401 g/mol. The molecule has 0 bridgehead atoms. The SMILES string of the molecule is O=[N+]([O-])c1ccc([C@H](O)[C@H](CO)Nc2ccc(C(F)(F)F)cc2[N+](=O)[O-])cc1. The summed E-state index contributed by atoms with van der Waals surface area (Å²) in [7, 11) is 0. The van der Waals surface area contributed by atoms with E-state index in [1.807, 2.05) is 0 Å². The lowest BCUT2D eigenvalue weighted by atomic mass is 10.0.